The summed E-state index contributed by atoms with van der Waals surface area (Å²) in [7, 11) is 0. The number of hydrogen-bond donors (Lipinski definition) is 2. The summed E-state index contributed by atoms with van der Waals surface area (Å²) in [5.74, 6) is 0.562. The standard InChI is InChI=1S/C23H22N4O3S3/c1-3-30-19-7-5-4-6-17(19)22-25-15(12-31-22)10-21(29)27-23-26-18(13-32-23)20-9-8-16(33-20)11-24-14(2)28/h4-9,12-13H,3,10-11H2,1-2H3,(H,24,28)(H,26,27,29). The van der Waals surface area contributed by atoms with E-state index in [0.29, 0.717) is 24.0 Å². The number of nitrogens with zero attached hydrogens (tertiary/aromatic N) is 2. The molecule has 170 valence electrons. The van der Waals surface area contributed by atoms with Crippen molar-refractivity contribution in [1.82, 2.24) is 15.3 Å². The maximum Gasteiger partial charge on any atom is 0.232 e. The van der Waals surface area contributed by atoms with E-state index in [1.807, 2.05) is 54.1 Å². The highest BCUT2D eigenvalue weighted by Gasteiger charge is 2.14. The maximum atomic E-state index is 12.6. The first kappa shape index (κ1) is 23.1. The Balaban J connectivity index is 1.37. The minimum absolute atomic E-state index is 0.0608. The number of amides is 2. The SMILES string of the molecule is CCOc1ccccc1-c1nc(CC(=O)Nc2nc(-c3ccc(CNC(C)=O)s3)cs2)cs1. The zero-order valence-electron chi connectivity index (χ0n) is 18.1. The normalized spacial score (nSPS) is 10.7. The summed E-state index contributed by atoms with van der Waals surface area (Å²) in [6.45, 7) is 4.52. The van der Waals surface area contributed by atoms with Crippen LogP contribution in [0.15, 0.2) is 47.2 Å². The van der Waals surface area contributed by atoms with Gasteiger partial charge in [-0.15, -0.1) is 34.0 Å². The van der Waals surface area contributed by atoms with E-state index in [1.165, 1.54) is 29.6 Å². The Kier molecular flexibility index (Phi) is 7.48. The lowest BCUT2D eigenvalue weighted by atomic mass is 10.2. The van der Waals surface area contributed by atoms with Crippen LogP contribution in [-0.4, -0.2) is 28.4 Å². The zero-order chi connectivity index (χ0) is 23.2. The Morgan fingerprint density at radius 3 is 2.73 bits per heavy atom. The molecule has 0 aliphatic rings. The lowest BCUT2D eigenvalue weighted by Crippen LogP contribution is -2.17. The number of hydrogen-bond acceptors (Lipinski definition) is 8. The van der Waals surface area contributed by atoms with E-state index in [2.05, 4.69) is 20.6 Å². The van der Waals surface area contributed by atoms with Crippen molar-refractivity contribution in [1.29, 1.82) is 0 Å². The van der Waals surface area contributed by atoms with Crippen molar-refractivity contribution in [2.45, 2.75) is 26.8 Å². The number of nitrogens with one attached hydrogen (secondary N) is 2. The van der Waals surface area contributed by atoms with Gasteiger partial charge < -0.3 is 15.4 Å². The van der Waals surface area contributed by atoms with Gasteiger partial charge in [0, 0.05) is 22.6 Å². The van der Waals surface area contributed by atoms with Gasteiger partial charge >= 0.3 is 0 Å². The lowest BCUT2D eigenvalue weighted by Gasteiger charge is -2.07. The molecule has 0 bridgehead atoms. The molecule has 0 aliphatic heterocycles. The fraction of sp³-hybridized carbons (Fsp3) is 0.217. The largest absolute Gasteiger partial charge is 0.493 e. The quantitative estimate of drug-likeness (QED) is 0.330. The number of thiazole rings is 2. The average Bonchev–Trinajstić information content (AvgIpc) is 3.54. The number of anilines is 1. The van der Waals surface area contributed by atoms with Crippen LogP contribution >= 0.6 is 34.0 Å². The molecule has 10 heteroatoms. The fourth-order valence-electron chi connectivity index (χ4n) is 3.03. The van der Waals surface area contributed by atoms with Gasteiger partial charge in [0.05, 0.1) is 41.4 Å². The second-order valence-corrected chi connectivity index (χ2v) is 9.90. The minimum Gasteiger partial charge on any atom is -0.493 e. The summed E-state index contributed by atoms with van der Waals surface area (Å²) < 4.78 is 5.69. The molecule has 0 unspecified atom stereocenters. The van der Waals surface area contributed by atoms with E-state index in [0.717, 1.165) is 31.8 Å². The summed E-state index contributed by atoms with van der Waals surface area (Å²) in [6, 6.07) is 11.7. The van der Waals surface area contributed by atoms with Gasteiger partial charge in [-0.3, -0.25) is 9.59 Å². The summed E-state index contributed by atoms with van der Waals surface area (Å²) in [5.41, 5.74) is 2.43. The van der Waals surface area contributed by atoms with E-state index in [4.69, 9.17) is 4.74 Å². The van der Waals surface area contributed by atoms with E-state index < -0.39 is 0 Å². The van der Waals surface area contributed by atoms with Crippen LogP contribution in [0.3, 0.4) is 0 Å². The second-order valence-electron chi connectivity index (χ2n) is 7.01. The Labute approximate surface area is 203 Å². The molecule has 2 N–H and O–H groups in total. The summed E-state index contributed by atoms with van der Waals surface area (Å²) in [4.78, 5) is 34.8. The molecule has 0 saturated carbocycles. The van der Waals surface area contributed by atoms with Crippen LogP contribution in [0, 0.1) is 0 Å². The third kappa shape index (κ3) is 6.04. The molecule has 3 aromatic heterocycles. The van der Waals surface area contributed by atoms with Gasteiger partial charge in [0.15, 0.2) is 5.13 Å². The Hall–Kier alpha value is -3.08. The molecule has 0 saturated heterocycles. The maximum absolute atomic E-state index is 12.6. The molecule has 0 radical (unpaired) electrons. The molecule has 7 nitrogen and oxygen atoms in total. The number of aromatic nitrogens is 2. The highest BCUT2D eigenvalue weighted by Crippen LogP contribution is 2.33. The molecule has 33 heavy (non-hydrogen) atoms. The van der Waals surface area contributed by atoms with Gasteiger partial charge in [-0.1, -0.05) is 12.1 Å². The summed E-state index contributed by atoms with van der Waals surface area (Å²) in [6.07, 6.45) is 0.169. The minimum atomic E-state index is -0.164. The van der Waals surface area contributed by atoms with Crippen LogP contribution in [-0.2, 0) is 22.6 Å². The molecule has 0 fully saturated rings. The molecular formula is C23H22N4O3S3. The van der Waals surface area contributed by atoms with Crippen LogP contribution < -0.4 is 15.4 Å². The first-order valence-corrected chi connectivity index (χ1v) is 12.8. The molecule has 0 spiro atoms. The number of carbonyl (C=O) groups excluding carboxylic acids is 2. The van der Waals surface area contributed by atoms with Crippen molar-refractivity contribution >= 4 is 51.0 Å². The van der Waals surface area contributed by atoms with E-state index >= 15 is 0 Å². The number of rotatable bonds is 9. The van der Waals surface area contributed by atoms with E-state index in [9.17, 15) is 9.59 Å². The Morgan fingerprint density at radius 1 is 1.06 bits per heavy atom. The van der Waals surface area contributed by atoms with Crippen LogP contribution in [0.2, 0.25) is 0 Å². The molecule has 3 heterocycles. The molecular weight excluding hydrogens is 476 g/mol. The second kappa shape index (κ2) is 10.7. The van der Waals surface area contributed by atoms with Gasteiger partial charge in [-0.05, 0) is 31.2 Å². The number of carbonyl (C=O) groups is 2. The van der Waals surface area contributed by atoms with Crippen LogP contribution in [0.1, 0.15) is 24.4 Å². The Bertz CT molecular complexity index is 1260. The molecule has 1 aromatic carbocycles. The van der Waals surface area contributed by atoms with Crippen molar-refractivity contribution in [3.05, 3.63) is 57.7 Å². The van der Waals surface area contributed by atoms with Gasteiger partial charge in [0.1, 0.15) is 10.8 Å². The lowest BCUT2D eigenvalue weighted by molar-refractivity contribution is -0.119. The monoisotopic (exact) mass is 498 g/mol. The topological polar surface area (TPSA) is 93.2 Å². The van der Waals surface area contributed by atoms with Crippen molar-refractivity contribution in [2.75, 3.05) is 11.9 Å². The third-order valence-corrected chi connectivity index (χ3v) is 7.28. The van der Waals surface area contributed by atoms with Crippen molar-refractivity contribution < 1.29 is 14.3 Å². The predicted octanol–water partition coefficient (Wildman–Crippen LogP) is 5.21. The molecule has 0 atom stereocenters. The van der Waals surface area contributed by atoms with Crippen LogP contribution in [0.25, 0.3) is 21.1 Å². The highest BCUT2D eigenvalue weighted by atomic mass is 32.1. The first-order valence-electron chi connectivity index (χ1n) is 10.3. The molecule has 4 aromatic rings. The van der Waals surface area contributed by atoms with Gasteiger partial charge in [0.25, 0.3) is 0 Å². The van der Waals surface area contributed by atoms with Crippen molar-refractivity contribution in [2.24, 2.45) is 0 Å². The van der Waals surface area contributed by atoms with Crippen LogP contribution in [0.4, 0.5) is 5.13 Å². The molecule has 4 rings (SSSR count). The zero-order valence-corrected chi connectivity index (χ0v) is 20.5. The van der Waals surface area contributed by atoms with E-state index in [-0.39, 0.29) is 18.2 Å². The van der Waals surface area contributed by atoms with Gasteiger partial charge in [0.2, 0.25) is 11.8 Å². The van der Waals surface area contributed by atoms with Crippen molar-refractivity contribution in [3.8, 4) is 26.9 Å². The first-order chi connectivity index (χ1) is 16.0. The number of ether oxygens (including phenoxy) is 1. The molecule has 2 amide bonds. The average molecular weight is 499 g/mol. The number of benzene rings is 1. The fourth-order valence-corrected chi connectivity index (χ4v) is 5.59. The third-order valence-electron chi connectivity index (χ3n) is 4.49. The summed E-state index contributed by atoms with van der Waals surface area (Å²) >= 11 is 4.44. The Morgan fingerprint density at radius 2 is 1.91 bits per heavy atom. The highest BCUT2D eigenvalue weighted by molar-refractivity contribution is 7.17. The van der Waals surface area contributed by atoms with E-state index in [1.54, 1.807) is 11.3 Å². The smallest absolute Gasteiger partial charge is 0.232 e. The van der Waals surface area contributed by atoms with Gasteiger partial charge in [-0.25, -0.2) is 9.97 Å². The number of para-hydroxylation sites is 1. The summed E-state index contributed by atoms with van der Waals surface area (Å²) in [5, 5.41) is 10.8. The van der Waals surface area contributed by atoms with Crippen LogP contribution in [0.5, 0.6) is 5.75 Å². The van der Waals surface area contributed by atoms with Gasteiger partial charge in [-0.2, -0.15) is 0 Å². The molecule has 0 aliphatic carbocycles. The number of thiophene rings is 1. The van der Waals surface area contributed by atoms with Crippen molar-refractivity contribution in [3.63, 3.8) is 0 Å². The predicted molar refractivity (Wildman–Crippen MR) is 134 cm³/mol.